The van der Waals surface area contributed by atoms with Gasteiger partial charge in [-0.25, -0.2) is 0 Å². The molecule has 6 nitrogen and oxygen atoms in total. The molecule has 0 amide bonds. The number of hydrogen-bond donors (Lipinski definition) is 1. The molecule has 96 valence electrons. The third kappa shape index (κ3) is 18.6. The lowest BCUT2D eigenvalue weighted by atomic mass is 10.4. The molecule has 1 N–H and O–H groups in total. The molecule has 0 aromatic carbocycles. The number of methoxy groups -OCH3 is 1. The van der Waals surface area contributed by atoms with Gasteiger partial charge in [0, 0.05) is 21.0 Å². The van der Waals surface area contributed by atoms with Crippen molar-refractivity contribution in [3.8, 4) is 0 Å². The number of hydrogen-bond acceptors (Lipinski definition) is 6. The van der Waals surface area contributed by atoms with Crippen LogP contribution in [0.1, 0.15) is 20.8 Å². The van der Waals surface area contributed by atoms with Crippen LogP contribution in [0.5, 0.6) is 0 Å². The normalized spacial score (nSPS) is 10.8. The molecule has 0 radical (unpaired) electrons. The van der Waals surface area contributed by atoms with Crippen molar-refractivity contribution in [2.45, 2.75) is 26.9 Å². The van der Waals surface area contributed by atoms with Crippen molar-refractivity contribution >= 4 is 11.9 Å². The van der Waals surface area contributed by atoms with E-state index in [2.05, 4.69) is 14.2 Å². The standard InChI is InChI=1S/C7H12O4.C3H8O2/c1-5(11-7(3)9)4-10-6(2)8;1-5-3-2-4/h5H,4H2,1-3H3;4H,2-3H2,1H3. The quantitative estimate of drug-likeness (QED) is 0.683. The van der Waals surface area contributed by atoms with Gasteiger partial charge in [0.2, 0.25) is 0 Å². The molecule has 0 saturated heterocycles. The number of carbonyl (C=O) groups is 2. The Morgan fingerprint density at radius 2 is 1.81 bits per heavy atom. The maximum Gasteiger partial charge on any atom is 0.303 e. The van der Waals surface area contributed by atoms with Gasteiger partial charge in [-0.05, 0) is 6.92 Å². The summed E-state index contributed by atoms with van der Waals surface area (Å²) in [4.78, 5) is 20.6. The topological polar surface area (TPSA) is 82.1 Å². The molecule has 1 unspecified atom stereocenters. The minimum absolute atomic E-state index is 0.120. The van der Waals surface area contributed by atoms with Crippen molar-refractivity contribution in [2.75, 3.05) is 26.9 Å². The largest absolute Gasteiger partial charge is 0.462 e. The number of aliphatic hydroxyl groups excluding tert-OH is 1. The Hall–Kier alpha value is -1.14. The van der Waals surface area contributed by atoms with E-state index in [9.17, 15) is 9.59 Å². The maximum atomic E-state index is 10.3. The summed E-state index contributed by atoms with van der Waals surface area (Å²) in [5, 5.41) is 7.94. The van der Waals surface area contributed by atoms with Crippen molar-refractivity contribution in [1.82, 2.24) is 0 Å². The van der Waals surface area contributed by atoms with Crippen LogP contribution in [-0.4, -0.2) is 50.1 Å². The predicted molar refractivity (Wildman–Crippen MR) is 56.8 cm³/mol. The van der Waals surface area contributed by atoms with E-state index >= 15 is 0 Å². The van der Waals surface area contributed by atoms with Crippen molar-refractivity contribution in [3.05, 3.63) is 0 Å². The van der Waals surface area contributed by atoms with Gasteiger partial charge in [-0.2, -0.15) is 0 Å². The minimum Gasteiger partial charge on any atom is -0.462 e. The number of esters is 2. The Morgan fingerprint density at radius 3 is 2.06 bits per heavy atom. The van der Waals surface area contributed by atoms with Crippen LogP contribution in [0, 0.1) is 0 Å². The van der Waals surface area contributed by atoms with Gasteiger partial charge in [0.05, 0.1) is 13.2 Å². The molecular formula is C10H20O6. The second-order valence-corrected chi connectivity index (χ2v) is 2.94. The third-order valence-electron chi connectivity index (χ3n) is 1.18. The van der Waals surface area contributed by atoms with E-state index in [0.29, 0.717) is 6.61 Å². The summed E-state index contributed by atoms with van der Waals surface area (Å²) >= 11 is 0. The van der Waals surface area contributed by atoms with Gasteiger partial charge in [-0.3, -0.25) is 9.59 Å². The molecule has 0 aliphatic heterocycles. The molecule has 0 spiro atoms. The molecule has 0 bridgehead atoms. The highest BCUT2D eigenvalue weighted by molar-refractivity contribution is 5.67. The first kappa shape index (κ1) is 17.3. The fraction of sp³-hybridized carbons (Fsp3) is 0.800. The molecule has 0 saturated carbocycles. The zero-order valence-electron chi connectivity index (χ0n) is 10.2. The molecule has 0 heterocycles. The van der Waals surface area contributed by atoms with Gasteiger partial charge >= 0.3 is 11.9 Å². The molecular weight excluding hydrogens is 216 g/mol. The van der Waals surface area contributed by atoms with Crippen molar-refractivity contribution in [1.29, 1.82) is 0 Å². The van der Waals surface area contributed by atoms with Crippen LogP contribution in [0.15, 0.2) is 0 Å². The first-order valence-corrected chi connectivity index (χ1v) is 4.84. The van der Waals surface area contributed by atoms with Gasteiger partial charge in [-0.15, -0.1) is 0 Å². The van der Waals surface area contributed by atoms with Crippen LogP contribution in [-0.2, 0) is 23.8 Å². The maximum absolute atomic E-state index is 10.3. The van der Waals surface area contributed by atoms with Gasteiger partial charge in [0.15, 0.2) is 0 Å². The molecule has 6 heteroatoms. The molecule has 0 aliphatic carbocycles. The predicted octanol–water partition coefficient (Wildman–Crippen LogP) is 0.126. The van der Waals surface area contributed by atoms with E-state index in [1.54, 1.807) is 14.0 Å². The van der Waals surface area contributed by atoms with Gasteiger partial charge in [0.25, 0.3) is 0 Å². The molecule has 0 aromatic heterocycles. The highest BCUT2D eigenvalue weighted by Gasteiger charge is 2.06. The highest BCUT2D eigenvalue weighted by Crippen LogP contribution is 1.92. The van der Waals surface area contributed by atoms with Crippen LogP contribution < -0.4 is 0 Å². The second-order valence-electron chi connectivity index (χ2n) is 2.94. The Bertz CT molecular complexity index is 190. The Morgan fingerprint density at radius 1 is 1.25 bits per heavy atom. The fourth-order valence-corrected chi connectivity index (χ4v) is 0.643. The second kappa shape index (κ2) is 11.9. The molecule has 1 atom stereocenters. The average Bonchev–Trinajstić information content (AvgIpc) is 2.16. The number of carbonyl (C=O) groups excluding carboxylic acids is 2. The van der Waals surface area contributed by atoms with E-state index in [1.807, 2.05) is 0 Å². The van der Waals surface area contributed by atoms with Crippen LogP contribution in [0.4, 0.5) is 0 Å². The summed E-state index contributed by atoms with van der Waals surface area (Å²) in [6.07, 6.45) is -0.364. The van der Waals surface area contributed by atoms with Gasteiger partial charge in [0.1, 0.15) is 12.7 Å². The zero-order valence-corrected chi connectivity index (χ0v) is 10.2. The van der Waals surface area contributed by atoms with Gasteiger partial charge in [-0.1, -0.05) is 0 Å². The molecule has 0 rings (SSSR count). The Labute approximate surface area is 95.5 Å². The number of rotatable bonds is 5. The van der Waals surface area contributed by atoms with Crippen LogP contribution in [0.25, 0.3) is 0 Å². The highest BCUT2D eigenvalue weighted by atomic mass is 16.6. The summed E-state index contributed by atoms with van der Waals surface area (Å²) in [5.41, 5.74) is 0. The minimum atomic E-state index is -0.371. The molecule has 16 heavy (non-hydrogen) atoms. The van der Waals surface area contributed by atoms with Gasteiger partial charge < -0.3 is 19.3 Å². The van der Waals surface area contributed by atoms with Crippen molar-refractivity contribution < 1.29 is 28.9 Å². The zero-order chi connectivity index (χ0) is 13.0. The monoisotopic (exact) mass is 236 g/mol. The summed E-state index contributed by atoms with van der Waals surface area (Å²) in [6.45, 7) is 4.96. The average molecular weight is 236 g/mol. The van der Waals surface area contributed by atoms with Crippen LogP contribution in [0.3, 0.4) is 0 Å². The van der Waals surface area contributed by atoms with E-state index in [0.717, 1.165) is 0 Å². The SMILES string of the molecule is CC(=O)OCC(C)OC(C)=O.COCCO. The van der Waals surface area contributed by atoms with Crippen molar-refractivity contribution in [3.63, 3.8) is 0 Å². The number of ether oxygens (including phenoxy) is 3. The van der Waals surface area contributed by atoms with Crippen LogP contribution >= 0.6 is 0 Å². The molecule has 0 fully saturated rings. The summed E-state index contributed by atoms with van der Waals surface area (Å²) in [6, 6.07) is 0. The summed E-state index contributed by atoms with van der Waals surface area (Å²) < 4.78 is 13.7. The lowest BCUT2D eigenvalue weighted by Gasteiger charge is -2.10. The lowest BCUT2D eigenvalue weighted by Crippen LogP contribution is -2.19. The Balaban J connectivity index is 0. The smallest absolute Gasteiger partial charge is 0.303 e. The van der Waals surface area contributed by atoms with Crippen LogP contribution in [0.2, 0.25) is 0 Å². The Kier molecular flexibility index (Phi) is 12.9. The van der Waals surface area contributed by atoms with E-state index in [-0.39, 0.29) is 31.3 Å². The van der Waals surface area contributed by atoms with E-state index < -0.39 is 0 Å². The summed E-state index contributed by atoms with van der Waals surface area (Å²) in [7, 11) is 1.55. The van der Waals surface area contributed by atoms with Crippen molar-refractivity contribution in [2.24, 2.45) is 0 Å². The fourth-order valence-electron chi connectivity index (χ4n) is 0.643. The first-order chi connectivity index (χ1) is 7.43. The first-order valence-electron chi connectivity index (χ1n) is 4.84. The van der Waals surface area contributed by atoms with E-state index in [1.165, 1.54) is 13.8 Å². The molecule has 0 aromatic rings. The third-order valence-corrected chi connectivity index (χ3v) is 1.18. The summed E-state index contributed by atoms with van der Waals surface area (Å²) in [5.74, 6) is -0.742. The van der Waals surface area contributed by atoms with E-state index in [4.69, 9.17) is 5.11 Å². The number of aliphatic hydroxyl groups is 1. The lowest BCUT2D eigenvalue weighted by molar-refractivity contribution is -0.155. The molecule has 0 aliphatic rings.